The van der Waals surface area contributed by atoms with Crippen LogP contribution in [0.25, 0.3) is 0 Å². The highest BCUT2D eigenvalue weighted by molar-refractivity contribution is 7.80. The van der Waals surface area contributed by atoms with E-state index in [1.165, 1.54) is 7.11 Å². The van der Waals surface area contributed by atoms with Crippen molar-refractivity contribution < 1.29 is 9.53 Å². The quantitative estimate of drug-likeness (QED) is 0.738. The van der Waals surface area contributed by atoms with Gasteiger partial charge in [-0.3, -0.25) is 5.32 Å². The van der Waals surface area contributed by atoms with Crippen molar-refractivity contribution in [3.05, 3.63) is 30.3 Å². The third kappa shape index (κ3) is 3.21. The van der Waals surface area contributed by atoms with Gasteiger partial charge in [0.1, 0.15) is 0 Å². The van der Waals surface area contributed by atoms with Crippen LogP contribution in [0.4, 0.5) is 10.5 Å². The fourth-order valence-electron chi connectivity index (χ4n) is 0.991. The van der Waals surface area contributed by atoms with E-state index in [1.54, 1.807) is 11.9 Å². The van der Waals surface area contributed by atoms with Crippen molar-refractivity contribution in [2.24, 2.45) is 0 Å². The third-order valence-corrected chi connectivity index (χ3v) is 2.22. The topological polar surface area (TPSA) is 41.6 Å². The molecule has 1 aromatic rings. The average molecular weight is 224 g/mol. The molecule has 0 atom stereocenters. The van der Waals surface area contributed by atoms with Crippen molar-refractivity contribution in [3.63, 3.8) is 0 Å². The molecule has 1 N–H and O–H groups in total. The lowest BCUT2D eigenvalue weighted by Gasteiger charge is -2.19. The maximum absolute atomic E-state index is 10.9. The van der Waals surface area contributed by atoms with Crippen LogP contribution in [0.3, 0.4) is 0 Å². The van der Waals surface area contributed by atoms with Gasteiger partial charge in [-0.05, 0) is 24.4 Å². The second kappa shape index (κ2) is 5.31. The Morgan fingerprint density at radius 2 is 2.00 bits per heavy atom. The van der Waals surface area contributed by atoms with E-state index in [1.807, 2.05) is 30.3 Å². The van der Waals surface area contributed by atoms with Crippen LogP contribution < -0.4 is 10.2 Å². The summed E-state index contributed by atoms with van der Waals surface area (Å²) in [6, 6.07) is 9.49. The highest BCUT2D eigenvalue weighted by Crippen LogP contribution is 2.10. The second-order valence-corrected chi connectivity index (χ2v) is 3.20. The van der Waals surface area contributed by atoms with Crippen LogP contribution in [-0.2, 0) is 4.74 Å². The highest BCUT2D eigenvalue weighted by atomic mass is 32.1. The number of nitrogens with one attached hydrogen (secondary N) is 1. The molecule has 1 amide bonds. The molecule has 80 valence electrons. The summed E-state index contributed by atoms with van der Waals surface area (Å²) in [5, 5.41) is 2.72. The van der Waals surface area contributed by atoms with E-state index >= 15 is 0 Å². The molecule has 1 rings (SSSR count). The van der Waals surface area contributed by atoms with E-state index in [0.29, 0.717) is 5.11 Å². The Morgan fingerprint density at radius 1 is 1.40 bits per heavy atom. The molecule has 0 bridgehead atoms. The van der Waals surface area contributed by atoms with Crippen LogP contribution >= 0.6 is 12.2 Å². The van der Waals surface area contributed by atoms with Crippen molar-refractivity contribution in [1.29, 1.82) is 0 Å². The third-order valence-electron chi connectivity index (χ3n) is 1.84. The van der Waals surface area contributed by atoms with Crippen LogP contribution in [-0.4, -0.2) is 25.4 Å². The van der Waals surface area contributed by atoms with E-state index in [4.69, 9.17) is 12.2 Å². The fourth-order valence-corrected chi connectivity index (χ4v) is 1.18. The van der Waals surface area contributed by atoms with Gasteiger partial charge in [0.2, 0.25) is 0 Å². The maximum atomic E-state index is 10.9. The molecular weight excluding hydrogens is 212 g/mol. The number of hydrogen-bond acceptors (Lipinski definition) is 3. The van der Waals surface area contributed by atoms with E-state index < -0.39 is 6.09 Å². The maximum Gasteiger partial charge on any atom is 0.413 e. The van der Waals surface area contributed by atoms with Crippen molar-refractivity contribution in [1.82, 2.24) is 5.32 Å². The zero-order valence-corrected chi connectivity index (χ0v) is 9.38. The van der Waals surface area contributed by atoms with Crippen LogP contribution in [0.2, 0.25) is 0 Å². The number of carbonyl (C=O) groups is 1. The predicted molar refractivity (Wildman–Crippen MR) is 63.0 cm³/mol. The molecule has 0 saturated carbocycles. The lowest BCUT2D eigenvalue weighted by atomic mass is 10.3. The molecule has 0 unspecified atom stereocenters. The molecule has 0 aliphatic carbocycles. The Balaban J connectivity index is 2.65. The second-order valence-electron chi connectivity index (χ2n) is 2.82. The summed E-state index contributed by atoms with van der Waals surface area (Å²) in [7, 11) is 3.06. The Morgan fingerprint density at radius 3 is 2.53 bits per heavy atom. The molecule has 0 aliphatic rings. The first-order chi connectivity index (χ1) is 7.15. The average Bonchev–Trinajstić information content (AvgIpc) is 2.29. The van der Waals surface area contributed by atoms with Gasteiger partial charge in [-0.1, -0.05) is 18.2 Å². The number of rotatable bonds is 1. The molecule has 0 aliphatic heterocycles. The first kappa shape index (κ1) is 11.5. The van der Waals surface area contributed by atoms with Crippen molar-refractivity contribution in [3.8, 4) is 0 Å². The van der Waals surface area contributed by atoms with Crippen LogP contribution in [0.15, 0.2) is 30.3 Å². The molecule has 0 aromatic heterocycles. The number of para-hydroxylation sites is 1. The van der Waals surface area contributed by atoms with Gasteiger partial charge in [-0.2, -0.15) is 0 Å². The highest BCUT2D eigenvalue weighted by Gasteiger charge is 2.09. The fraction of sp³-hybridized carbons (Fsp3) is 0.200. The molecule has 0 spiro atoms. The van der Waals surface area contributed by atoms with Crippen molar-refractivity contribution in [2.75, 3.05) is 19.1 Å². The van der Waals surface area contributed by atoms with Gasteiger partial charge in [0.05, 0.1) is 7.11 Å². The number of benzene rings is 1. The minimum absolute atomic E-state index is 0.299. The predicted octanol–water partition coefficient (Wildman–Crippen LogP) is 1.76. The van der Waals surface area contributed by atoms with Crippen LogP contribution in [0, 0.1) is 0 Å². The summed E-state index contributed by atoms with van der Waals surface area (Å²) in [5.74, 6) is 0. The lowest BCUT2D eigenvalue weighted by molar-refractivity contribution is 0.177. The number of methoxy groups -OCH3 is 1. The molecule has 5 heteroatoms. The smallest absolute Gasteiger partial charge is 0.413 e. The Hall–Kier alpha value is -1.62. The van der Waals surface area contributed by atoms with Gasteiger partial charge >= 0.3 is 6.09 Å². The Labute approximate surface area is 93.8 Å². The zero-order valence-electron chi connectivity index (χ0n) is 8.56. The SMILES string of the molecule is COC(=O)NC(=S)N(C)c1ccccc1. The number of anilines is 1. The Kier molecular flexibility index (Phi) is 4.05. The summed E-state index contributed by atoms with van der Waals surface area (Å²) >= 11 is 5.02. The first-order valence-corrected chi connectivity index (χ1v) is 4.73. The molecule has 1 aromatic carbocycles. The summed E-state index contributed by atoms with van der Waals surface area (Å²) in [6.45, 7) is 0. The Bertz CT molecular complexity index is 354. The van der Waals surface area contributed by atoms with E-state index in [9.17, 15) is 4.79 Å². The van der Waals surface area contributed by atoms with Gasteiger partial charge < -0.3 is 9.64 Å². The number of amides is 1. The van der Waals surface area contributed by atoms with E-state index in [0.717, 1.165) is 5.69 Å². The van der Waals surface area contributed by atoms with Gasteiger partial charge in [0.15, 0.2) is 5.11 Å². The van der Waals surface area contributed by atoms with E-state index in [2.05, 4.69) is 10.1 Å². The van der Waals surface area contributed by atoms with Gasteiger partial charge in [-0.15, -0.1) is 0 Å². The van der Waals surface area contributed by atoms with Crippen molar-refractivity contribution >= 4 is 29.1 Å². The minimum atomic E-state index is -0.567. The van der Waals surface area contributed by atoms with Gasteiger partial charge in [0, 0.05) is 12.7 Å². The van der Waals surface area contributed by atoms with E-state index in [-0.39, 0.29) is 0 Å². The van der Waals surface area contributed by atoms with Crippen LogP contribution in [0.5, 0.6) is 0 Å². The number of thiocarbonyl (C=S) groups is 1. The molecule has 4 nitrogen and oxygen atoms in total. The summed E-state index contributed by atoms with van der Waals surface area (Å²) in [6.07, 6.45) is -0.567. The summed E-state index contributed by atoms with van der Waals surface area (Å²) in [5.41, 5.74) is 0.902. The molecule has 0 radical (unpaired) electrons. The minimum Gasteiger partial charge on any atom is -0.453 e. The number of nitrogens with zero attached hydrogens (tertiary/aromatic N) is 1. The number of alkyl carbamates (subject to hydrolysis) is 1. The summed E-state index contributed by atoms with van der Waals surface area (Å²) in [4.78, 5) is 12.6. The monoisotopic (exact) mass is 224 g/mol. The molecule has 0 heterocycles. The molecular formula is C10H12N2O2S. The molecule has 15 heavy (non-hydrogen) atoms. The van der Waals surface area contributed by atoms with Crippen LogP contribution in [0.1, 0.15) is 0 Å². The number of ether oxygens (including phenoxy) is 1. The zero-order chi connectivity index (χ0) is 11.3. The standard InChI is InChI=1S/C10H12N2O2S/c1-12(8-6-4-3-5-7-8)9(15)11-10(13)14-2/h3-7H,1-2H3,(H,11,13,15). The molecule has 0 fully saturated rings. The number of carbonyl (C=O) groups excluding carboxylic acids is 1. The van der Waals surface area contributed by atoms with Gasteiger partial charge in [0.25, 0.3) is 0 Å². The van der Waals surface area contributed by atoms with Gasteiger partial charge in [-0.25, -0.2) is 4.79 Å². The molecule has 0 saturated heterocycles. The first-order valence-electron chi connectivity index (χ1n) is 4.33. The van der Waals surface area contributed by atoms with Crippen molar-refractivity contribution in [2.45, 2.75) is 0 Å². The normalized spacial score (nSPS) is 9.20. The summed E-state index contributed by atoms with van der Waals surface area (Å²) < 4.78 is 4.44. The number of hydrogen-bond donors (Lipinski definition) is 1. The largest absolute Gasteiger partial charge is 0.453 e. The lowest BCUT2D eigenvalue weighted by Crippen LogP contribution is -2.40.